The van der Waals surface area contributed by atoms with Crippen molar-refractivity contribution in [3.63, 3.8) is 0 Å². The van der Waals surface area contributed by atoms with Crippen LogP contribution in [0.5, 0.6) is 0 Å². The van der Waals surface area contributed by atoms with Crippen molar-refractivity contribution in [2.75, 3.05) is 11.5 Å². The number of hydrogen-bond donors (Lipinski definition) is 1. The summed E-state index contributed by atoms with van der Waals surface area (Å²) in [6.45, 7) is 3.78. The van der Waals surface area contributed by atoms with Gasteiger partial charge in [0.25, 0.3) is 0 Å². The molecule has 0 aromatic heterocycles. The minimum absolute atomic E-state index is 0.151. The van der Waals surface area contributed by atoms with Crippen LogP contribution in [0.15, 0.2) is 29.2 Å². The van der Waals surface area contributed by atoms with Gasteiger partial charge in [-0.25, -0.2) is 8.42 Å². The molecule has 1 aromatic rings. The van der Waals surface area contributed by atoms with Crippen LogP contribution in [-0.4, -0.2) is 19.9 Å². The molecular formula is C12H18O2S2. The van der Waals surface area contributed by atoms with Gasteiger partial charge in [0.15, 0.2) is 9.84 Å². The molecule has 1 atom stereocenters. The molecule has 1 aromatic carbocycles. The van der Waals surface area contributed by atoms with Crippen LogP contribution < -0.4 is 0 Å². The van der Waals surface area contributed by atoms with E-state index >= 15 is 0 Å². The Balaban J connectivity index is 2.91. The Hall–Kier alpha value is -0.480. The third kappa shape index (κ3) is 3.25. The Kier molecular flexibility index (Phi) is 4.87. The van der Waals surface area contributed by atoms with Crippen LogP contribution in [0.3, 0.4) is 0 Å². The topological polar surface area (TPSA) is 34.1 Å². The summed E-state index contributed by atoms with van der Waals surface area (Å²) in [6, 6.07) is 7.19. The summed E-state index contributed by atoms with van der Waals surface area (Å²) in [4.78, 5) is 0.414. The summed E-state index contributed by atoms with van der Waals surface area (Å²) in [7, 11) is -3.07. The quantitative estimate of drug-likeness (QED) is 0.824. The molecule has 4 heteroatoms. The minimum atomic E-state index is -3.07. The van der Waals surface area contributed by atoms with Crippen LogP contribution in [0.25, 0.3) is 0 Å². The van der Waals surface area contributed by atoms with Crippen LogP contribution in [0.2, 0.25) is 0 Å². The lowest BCUT2D eigenvalue weighted by atomic mass is 9.99. The van der Waals surface area contributed by atoms with Gasteiger partial charge in [0.05, 0.1) is 10.6 Å². The van der Waals surface area contributed by atoms with Gasteiger partial charge in [-0.1, -0.05) is 26.0 Å². The fourth-order valence-corrected chi connectivity index (χ4v) is 2.80. The Morgan fingerprint density at radius 3 is 2.25 bits per heavy atom. The zero-order valence-electron chi connectivity index (χ0n) is 9.68. The molecule has 0 saturated heterocycles. The maximum Gasteiger partial charge on any atom is 0.178 e. The number of rotatable bonds is 5. The summed E-state index contributed by atoms with van der Waals surface area (Å²) >= 11 is 4.20. The van der Waals surface area contributed by atoms with Gasteiger partial charge in [0, 0.05) is 0 Å². The molecule has 0 aliphatic heterocycles. The van der Waals surface area contributed by atoms with Crippen LogP contribution in [0.1, 0.15) is 31.7 Å². The largest absolute Gasteiger partial charge is 0.224 e. The lowest BCUT2D eigenvalue weighted by molar-refractivity contribution is 0.597. The molecule has 0 N–H and O–H groups in total. The van der Waals surface area contributed by atoms with E-state index in [0.717, 1.165) is 12.2 Å². The fraction of sp³-hybridized carbons (Fsp3) is 0.500. The maximum atomic E-state index is 11.6. The smallest absolute Gasteiger partial charge is 0.178 e. The second-order valence-electron chi connectivity index (χ2n) is 3.89. The first kappa shape index (κ1) is 13.6. The van der Waals surface area contributed by atoms with E-state index in [9.17, 15) is 8.42 Å². The molecule has 0 aliphatic carbocycles. The summed E-state index contributed by atoms with van der Waals surface area (Å²) in [5, 5.41) is 0. The first-order valence-corrected chi connectivity index (χ1v) is 7.73. The van der Waals surface area contributed by atoms with Gasteiger partial charge in [0.1, 0.15) is 0 Å². The van der Waals surface area contributed by atoms with Gasteiger partial charge in [0.2, 0.25) is 0 Å². The first-order valence-electron chi connectivity index (χ1n) is 5.45. The molecule has 1 rings (SSSR count). The molecule has 0 amide bonds. The highest BCUT2D eigenvalue weighted by Crippen LogP contribution is 2.21. The zero-order valence-corrected chi connectivity index (χ0v) is 11.4. The van der Waals surface area contributed by atoms with E-state index in [-0.39, 0.29) is 5.75 Å². The van der Waals surface area contributed by atoms with Crippen molar-refractivity contribution in [2.24, 2.45) is 0 Å². The van der Waals surface area contributed by atoms with Crippen molar-refractivity contribution in [1.82, 2.24) is 0 Å². The number of sulfone groups is 1. The normalized spacial score (nSPS) is 13.7. The number of benzene rings is 1. The molecule has 90 valence electrons. The maximum absolute atomic E-state index is 11.6. The van der Waals surface area contributed by atoms with E-state index in [4.69, 9.17) is 0 Å². The van der Waals surface area contributed by atoms with Crippen LogP contribution in [-0.2, 0) is 9.84 Å². The van der Waals surface area contributed by atoms with Gasteiger partial charge < -0.3 is 0 Å². The van der Waals surface area contributed by atoms with E-state index in [2.05, 4.69) is 19.6 Å². The zero-order chi connectivity index (χ0) is 12.2. The predicted octanol–water partition coefficient (Wildman–Crippen LogP) is 2.90. The molecule has 0 aliphatic rings. The highest BCUT2D eigenvalue weighted by molar-refractivity contribution is 7.91. The highest BCUT2D eigenvalue weighted by atomic mass is 32.2. The average Bonchev–Trinajstić information content (AvgIpc) is 2.29. The standard InChI is InChI=1S/C12H18O2S2/c1-3-16(13,14)12-6-4-11(5-7-12)10(2)8-9-15/h4-7,10,15H,3,8-9H2,1-2H3. The monoisotopic (exact) mass is 258 g/mol. The molecule has 0 bridgehead atoms. The number of hydrogen-bond acceptors (Lipinski definition) is 3. The van der Waals surface area contributed by atoms with Gasteiger partial charge in [-0.15, -0.1) is 0 Å². The van der Waals surface area contributed by atoms with E-state index in [1.165, 1.54) is 5.56 Å². The van der Waals surface area contributed by atoms with Crippen molar-refractivity contribution in [3.05, 3.63) is 29.8 Å². The first-order chi connectivity index (χ1) is 7.51. The fourth-order valence-electron chi connectivity index (χ4n) is 1.53. The Bertz CT molecular complexity index is 421. The lowest BCUT2D eigenvalue weighted by Crippen LogP contribution is -2.04. The summed E-state index contributed by atoms with van der Waals surface area (Å²) in [5.74, 6) is 1.42. The van der Waals surface area contributed by atoms with Crippen LogP contribution in [0.4, 0.5) is 0 Å². The summed E-state index contributed by atoms with van der Waals surface area (Å²) in [5.41, 5.74) is 1.17. The summed E-state index contributed by atoms with van der Waals surface area (Å²) in [6.07, 6.45) is 1.00. The molecule has 16 heavy (non-hydrogen) atoms. The van der Waals surface area contributed by atoms with Crippen LogP contribution >= 0.6 is 12.6 Å². The van der Waals surface area contributed by atoms with Crippen molar-refractivity contribution in [2.45, 2.75) is 31.1 Å². The van der Waals surface area contributed by atoms with Crippen molar-refractivity contribution in [1.29, 1.82) is 0 Å². The van der Waals surface area contributed by atoms with Gasteiger partial charge in [-0.3, -0.25) is 0 Å². The van der Waals surface area contributed by atoms with E-state index in [1.807, 2.05) is 12.1 Å². The van der Waals surface area contributed by atoms with Crippen molar-refractivity contribution in [3.8, 4) is 0 Å². The molecule has 2 nitrogen and oxygen atoms in total. The Morgan fingerprint density at radius 2 is 1.81 bits per heavy atom. The van der Waals surface area contributed by atoms with E-state index in [1.54, 1.807) is 19.1 Å². The Morgan fingerprint density at radius 1 is 1.25 bits per heavy atom. The van der Waals surface area contributed by atoms with Crippen LogP contribution in [0, 0.1) is 0 Å². The average molecular weight is 258 g/mol. The third-order valence-corrected chi connectivity index (χ3v) is 4.76. The second kappa shape index (κ2) is 5.73. The molecular weight excluding hydrogens is 240 g/mol. The summed E-state index contributed by atoms with van der Waals surface area (Å²) < 4.78 is 23.2. The SMILES string of the molecule is CCS(=O)(=O)c1ccc(C(C)CCS)cc1. The molecule has 0 fully saturated rings. The van der Waals surface area contributed by atoms with E-state index in [0.29, 0.717) is 10.8 Å². The number of thiol groups is 1. The van der Waals surface area contributed by atoms with E-state index < -0.39 is 9.84 Å². The molecule has 0 radical (unpaired) electrons. The second-order valence-corrected chi connectivity index (χ2v) is 6.61. The van der Waals surface area contributed by atoms with Gasteiger partial charge in [-0.05, 0) is 35.8 Å². The van der Waals surface area contributed by atoms with Gasteiger partial charge in [-0.2, -0.15) is 12.6 Å². The molecule has 0 saturated carbocycles. The van der Waals surface area contributed by atoms with Gasteiger partial charge >= 0.3 is 0 Å². The molecule has 0 spiro atoms. The molecule has 0 heterocycles. The highest BCUT2D eigenvalue weighted by Gasteiger charge is 2.12. The lowest BCUT2D eigenvalue weighted by Gasteiger charge is -2.10. The Labute approximate surface area is 103 Å². The van der Waals surface area contributed by atoms with Crippen molar-refractivity contribution >= 4 is 22.5 Å². The minimum Gasteiger partial charge on any atom is -0.224 e. The molecule has 1 unspecified atom stereocenters. The third-order valence-electron chi connectivity index (χ3n) is 2.75. The predicted molar refractivity (Wildman–Crippen MR) is 71.1 cm³/mol. The van der Waals surface area contributed by atoms with Crippen molar-refractivity contribution < 1.29 is 8.42 Å².